The molecule has 16 heavy (non-hydrogen) atoms. The van der Waals surface area contributed by atoms with Crippen LogP contribution in [-0.2, 0) is 12.8 Å². The molecule has 0 saturated heterocycles. The van der Waals surface area contributed by atoms with Gasteiger partial charge in [0.1, 0.15) is 5.75 Å². The molecule has 84 valence electrons. The van der Waals surface area contributed by atoms with Crippen LogP contribution < -0.4 is 5.32 Å². The maximum atomic E-state index is 9.49. The zero-order valence-corrected chi connectivity index (χ0v) is 9.24. The van der Waals surface area contributed by atoms with E-state index in [1.54, 1.807) is 6.07 Å². The topological polar surface area (TPSA) is 44.6 Å². The second-order valence-corrected chi connectivity index (χ2v) is 4.59. The molecular weight excluding hydrogens is 200 g/mol. The van der Waals surface area contributed by atoms with Crippen molar-refractivity contribution in [3.05, 3.63) is 29.3 Å². The molecule has 1 unspecified atom stereocenters. The Morgan fingerprint density at radius 1 is 1.31 bits per heavy atom. The Kier molecular flexibility index (Phi) is 2.31. The highest BCUT2D eigenvalue weighted by Crippen LogP contribution is 2.29. The number of aromatic hydroxyl groups is 1. The number of amidine groups is 1. The number of fused-ring (bicyclic) bond motifs is 1. The molecule has 0 radical (unpaired) electrons. The van der Waals surface area contributed by atoms with Crippen LogP contribution in [0.2, 0.25) is 0 Å². The Bertz CT molecular complexity index is 440. The van der Waals surface area contributed by atoms with Crippen LogP contribution in [0.3, 0.4) is 0 Å². The molecule has 1 atom stereocenters. The quantitative estimate of drug-likeness (QED) is 0.747. The zero-order chi connectivity index (χ0) is 11.0. The van der Waals surface area contributed by atoms with Gasteiger partial charge in [0, 0.05) is 12.5 Å². The summed E-state index contributed by atoms with van der Waals surface area (Å²) in [7, 11) is 0. The lowest BCUT2D eigenvalue weighted by molar-refractivity contribution is 0.471. The van der Waals surface area contributed by atoms with Crippen molar-refractivity contribution in [3.8, 4) is 5.75 Å². The number of phenols is 1. The Morgan fingerprint density at radius 2 is 2.25 bits per heavy atom. The molecule has 0 amide bonds. The minimum Gasteiger partial charge on any atom is -0.508 e. The molecule has 0 spiro atoms. The number of benzene rings is 1. The second kappa shape index (κ2) is 3.81. The van der Waals surface area contributed by atoms with E-state index in [9.17, 15) is 5.11 Å². The molecule has 3 rings (SSSR count). The van der Waals surface area contributed by atoms with Crippen LogP contribution in [0.15, 0.2) is 23.2 Å². The first kappa shape index (κ1) is 9.70. The van der Waals surface area contributed by atoms with Crippen LogP contribution in [0.25, 0.3) is 0 Å². The normalized spacial score (nSPS) is 23.5. The monoisotopic (exact) mass is 216 g/mol. The number of hydrogen-bond acceptors (Lipinski definition) is 3. The highest BCUT2D eigenvalue weighted by Gasteiger charge is 2.24. The van der Waals surface area contributed by atoms with Gasteiger partial charge in [-0.15, -0.1) is 0 Å². The van der Waals surface area contributed by atoms with Crippen molar-refractivity contribution in [2.75, 3.05) is 13.1 Å². The first-order chi connectivity index (χ1) is 7.83. The predicted molar refractivity (Wildman–Crippen MR) is 63.9 cm³/mol. The van der Waals surface area contributed by atoms with Gasteiger partial charge < -0.3 is 10.4 Å². The van der Waals surface area contributed by atoms with E-state index in [4.69, 9.17) is 0 Å². The van der Waals surface area contributed by atoms with Crippen molar-refractivity contribution in [2.45, 2.75) is 19.3 Å². The molecule has 0 fully saturated rings. The van der Waals surface area contributed by atoms with Gasteiger partial charge in [-0.1, -0.05) is 6.07 Å². The van der Waals surface area contributed by atoms with Crippen LogP contribution in [0.5, 0.6) is 5.75 Å². The minimum absolute atomic E-state index is 0.376. The highest BCUT2D eigenvalue weighted by atomic mass is 16.3. The molecule has 3 heteroatoms. The van der Waals surface area contributed by atoms with Gasteiger partial charge in [-0.25, -0.2) is 0 Å². The lowest BCUT2D eigenvalue weighted by atomic mass is 9.83. The van der Waals surface area contributed by atoms with E-state index in [1.807, 2.05) is 12.1 Å². The lowest BCUT2D eigenvalue weighted by Crippen LogP contribution is -2.31. The number of nitrogens with one attached hydrogen (secondary N) is 1. The van der Waals surface area contributed by atoms with Gasteiger partial charge >= 0.3 is 0 Å². The molecule has 1 heterocycles. The van der Waals surface area contributed by atoms with E-state index in [0.717, 1.165) is 25.9 Å². The van der Waals surface area contributed by atoms with E-state index in [-0.39, 0.29) is 0 Å². The van der Waals surface area contributed by atoms with Crippen molar-refractivity contribution in [3.63, 3.8) is 0 Å². The molecule has 3 nitrogen and oxygen atoms in total. The van der Waals surface area contributed by atoms with E-state index in [2.05, 4.69) is 10.3 Å². The highest BCUT2D eigenvalue weighted by molar-refractivity contribution is 5.86. The zero-order valence-electron chi connectivity index (χ0n) is 9.24. The third-order valence-electron chi connectivity index (χ3n) is 3.51. The average molecular weight is 216 g/mol. The molecular formula is C13H16N2O. The Morgan fingerprint density at radius 3 is 3.06 bits per heavy atom. The van der Waals surface area contributed by atoms with E-state index in [1.165, 1.54) is 23.4 Å². The maximum Gasteiger partial charge on any atom is 0.115 e. The molecule has 2 N–H and O–H groups in total. The second-order valence-electron chi connectivity index (χ2n) is 4.59. The Balaban J connectivity index is 1.85. The van der Waals surface area contributed by atoms with Gasteiger partial charge in [0.15, 0.2) is 0 Å². The summed E-state index contributed by atoms with van der Waals surface area (Å²) in [5.41, 5.74) is 2.67. The van der Waals surface area contributed by atoms with Gasteiger partial charge in [-0.2, -0.15) is 0 Å². The summed E-state index contributed by atoms with van der Waals surface area (Å²) in [5, 5.41) is 12.9. The van der Waals surface area contributed by atoms with Crippen LogP contribution in [0.4, 0.5) is 0 Å². The number of rotatable bonds is 1. The summed E-state index contributed by atoms with van der Waals surface area (Å²) in [5.74, 6) is 2.08. The van der Waals surface area contributed by atoms with Crippen molar-refractivity contribution in [1.82, 2.24) is 5.32 Å². The van der Waals surface area contributed by atoms with E-state index >= 15 is 0 Å². The predicted octanol–water partition coefficient (Wildman–Crippen LogP) is 1.50. The minimum atomic E-state index is 0.376. The van der Waals surface area contributed by atoms with Crippen LogP contribution in [0.1, 0.15) is 17.5 Å². The molecule has 1 aliphatic carbocycles. The first-order valence-electron chi connectivity index (χ1n) is 5.92. The third-order valence-corrected chi connectivity index (χ3v) is 3.51. The van der Waals surface area contributed by atoms with Crippen LogP contribution >= 0.6 is 0 Å². The molecule has 1 aliphatic heterocycles. The maximum absolute atomic E-state index is 9.49. The van der Waals surface area contributed by atoms with Gasteiger partial charge in [-0.3, -0.25) is 4.99 Å². The molecule has 1 aromatic rings. The number of hydrogen-bond donors (Lipinski definition) is 2. The summed E-state index contributed by atoms with van der Waals surface area (Å²) >= 11 is 0. The Hall–Kier alpha value is -1.51. The lowest BCUT2D eigenvalue weighted by Gasteiger charge is -2.24. The SMILES string of the molecule is Oc1ccc2c(c1)CC(C1=NCCN1)CC2. The fourth-order valence-electron chi connectivity index (χ4n) is 2.67. The standard InChI is InChI=1S/C13H16N2O/c16-12-4-3-9-1-2-10(7-11(9)8-12)13-14-5-6-15-13/h3-4,8,10,16H,1-2,5-7H2,(H,14,15). The molecule has 0 aromatic heterocycles. The number of aliphatic imine (C=N–C) groups is 1. The molecule has 1 aromatic carbocycles. The molecule has 0 saturated carbocycles. The fourth-order valence-corrected chi connectivity index (χ4v) is 2.67. The smallest absolute Gasteiger partial charge is 0.115 e. The summed E-state index contributed by atoms with van der Waals surface area (Å²) in [6, 6.07) is 5.73. The third kappa shape index (κ3) is 1.66. The van der Waals surface area contributed by atoms with Crippen molar-refractivity contribution in [2.24, 2.45) is 10.9 Å². The van der Waals surface area contributed by atoms with Crippen molar-refractivity contribution >= 4 is 5.84 Å². The molecule has 2 aliphatic rings. The summed E-state index contributed by atoms with van der Waals surface area (Å²) in [6.07, 6.45) is 3.28. The van der Waals surface area contributed by atoms with Gasteiger partial charge in [0.25, 0.3) is 0 Å². The van der Waals surface area contributed by atoms with Crippen LogP contribution in [0, 0.1) is 5.92 Å². The van der Waals surface area contributed by atoms with Crippen LogP contribution in [-0.4, -0.2) is 24.0 Å². The van der Waals surface area contributed by atoms with E-state index in [0.29, 0.717) is 11.7 Å². The molecule has 0 bridgehead atoms. The number of nitrogens with zero attached hydrogens (tertiary/aromatic N) is 1. The van der Waals surface area contributed by atoms with Crippen molar-refractivity contribution in [1.29, 1.82) is 0 Å². The van der Waals surface area contributed by atoms with Gasteiger partial charge in [0.2, 0.25) is 0 Å². The fraction of sp³-hybridized carbons (Fsp3) is 0.462. The average Bonchev–Trinajstić information content (AvgIpc) is 2.81. The first-order valence-corrected chi connectivity index (χ1v) is 5.92. The van der Waals surface area contributed by atoms with Gasteiger partial charge in [0.05, 0.1) is 12.4 Å². The van der Waals surface area contributed by atoms with E-state index < -0.39 is 0 Å². The van der Waals surface area contributed by atoms with Crippen molar-refractivity contribution < 1.29 is 5.11 Å². The summed E-state index contributed by atoms with van der Waals surface area (Å²) in [6.45, 7) is 1.90. The van der Waals surface area contributed by atoms with Gasteiger partial charge in [-0.05, 0) is 42.5 Å². The Labute approximate surface area is 95.2 Å². The number of aryl methyl sites for hydroxylation is 1. The summed E-state index contributed by atoms with van der Waals surface area (Å²) in [4.78, 5) is 4.50. The summed E-state index contributed by atoms with van der Waals surface area (Å²) < 4.78 is 0. The largest absolute Gasteiger partial charge is 0.508 e. The number of phenolic OH excluding ortho intramolecular Hbond substituents is 1.